The van der Waals surface area contributed by atoms with Crippen LogP contribution in [-0.2, 0) is 0 Å². The maximum atomic E-state index is 5.50. The summed E-state index contributed by atoms with van der Waals surface area (Å²) in [6.07, 6.45) is 1.88. The molecule has 14 heavy (non-hydrogen) atoms. The van der Waals surface area contributed by atoms with Crippen molar-refractivity contribution in [3.63, 3.8) is 0 Å². The van der Waals surface area contributed by atoms with Crippen LogP contribution in [0.3, 0.4) is 0 Å². The SMILES string of the molecule is C=CC(C)NCCOc1ccccc1. The molecule has 1 N–H and O–H groups in total. The van der Waals surface area contributed by atoms with Crippen molar-refractivity contribution in [1.29, 1.82) is 0 Å². The van der Waals surface area contributed by atoms with E-state index in [-0.39, 0.29) is 0 Å². The highest BCUT2D eigenvalue weighted by molar-refractivity contribution is 5.20. The Morgan fingerprint density at radius 3 is 2.79 bits per heavy atom. The molecule has 1 aromatic rings. The first-order valence-electron chi connectivity index (χ1n) is 4.86. The summed E-state index contributed by atoms with van der Waals surface area (Å²) in [4.78, 5) is 0. The van der Waals surface area contributed by atoms with E-state index in [4.69, 9.17) is 4.74 Å². The molecule has 76 valence electrons. The number of rotatable bonds is 6. The van der Waals surface area contributed by atoms with E-state index in [1.165, 1.54) is 0 Å². The van der Waals surface area contributed by atoms with E-state index >= 15 is 0 Å². The van der Waals surface area contributed by atoms with Gasteiger partial charge in [-0.15, -0.1) is 6.58 Å². The summed E-state index contributed by atoms with van der Waals surface area (Å²) in [6, 6.07) is 10.2. The Morgan fingerprint density at radius 2 is 2.14 bits per heavy atom. The minimum Gasteiger partial charge on any atom is -0.492 e. The van der Waals surface area contributed by atoms with Crippen LogP contribution in [-0.4, -0.2) is 19.2 Å². The van der Waals surface area contributed by atoms with Crippen molar-refractivity contribution in [2.75, 3.05) is 13.2 Å². The highest BCUT2D eigenvalue weighted by Gasteiger charge is 1.94. The van der Waals surface area contributed by atoms with E-state index in [0.717, 1.165) is 12.3 Å². The largest absolute Gasteiger partial charge is 0.492 e. The highest BCUT2D eigenvalue weighted by atomic mass is 16.5. The van der Waals surface area contributed by atoms with Gasteiger partial charge in [0.2, 0.25) is 0 Å². The van der Waals surface area contributed by atoms with Crippen LogP contribution in [0.2, 0.25) is 0 Å². The zero-order valence-electron chi connectivity index (χ0n) is 8.57. The predicted molar refractivity (Wildman–Crippen MR) is 59.6 cm³/mol. The topological polar surface area (TPSA) is 21.3 Å². The lowest BCUT2D eigenvalue weighted by molar-refractivity contribution is 0.311. The molecule has 1 unspecified atom stereocenters. The number of ether oxygens (including phenoxy) is 1. The summed E-state index contributed by atoms with van der Waals surface area (Å²) >= 11 is 0. The first kappa shape index (κ1) is 10.8. The van der Waals surface area contributed by atoms with E-state index in [9.17, 15) is 0 Å². The lowest BCUT2D eigenvalue weighted by Crippen LogP contribution is -2.28. The van der Waals surface area contributed by atoms with Gasteiger partial charge < -0.3 is 10.1 Å². The second-order valence-corrected chi connectivity index (χ2v) is 3.14. The predicted octanol–water partition coefficient (Wildman–Crippen LogP) is 2.23. The molecule has 2 heteroatoms. The number of benzene rings is 1. The molecule has 1 atom stereocenters. The molecular formula is C12H17NO. The minimum atomic E-state index is 0.342. The molecule has 0 aliphatic heterocycles. The van der Waals surface area contributed by atoms with Gasteiger partial charge in [0.25, 0.3) is 0 Å². The Balaban J connectivity index is 2.13. The quantitative estimate of drug-likeness (QED) is 0.550. The normalized spacial score (nSPS) is 12.1. The third kappa shape index (κ3) is 4.10. The Hall–Kier alpha value is -1.28. The van der Waals surface area contributed by atoms with Crippen molar-refractivity contribution >= 4 is 0 Å². The zero-order valence-corrected chi connectivity index (χ0v) is 8.57. The van der Waals surface area contributed by atoms with Crippen molar-refractivity contribution in [2.24, 2.45) is 0 Å². The van der Waals surface area contributed by atoms with Gasteiger partial charge in [-0.05, 0) is 19.1 Å². The maximum Gasteiger partial charge on any atom is 0.119 e. The molecule has 0 bridgehead atoms. The smallest absolute Gasteiger partial charge is 0.119 e. The number of hydrogen-bond donors (Lipinski definition) is 1. The third-order valence-electron chi connectivity index (χ3n) is 1.93. The Kier molecular flexibility index (Phi) is 4.79. The van der Waals surface area contributed by atoms with Crippen LogP contribution < -0.4 is 10.1 Å². The Labute approximate surface area is 85.6 Å². The number of para-hydroxylation sites is 1. The van der Waals surface area contributed by atoms with E-state index < -0.39 is 0 Å². The molecule has 1 rings (SSSR count). The molecule has 0 spiro atoms. The Morgan fingerprint density at radius 1 is 1.43 bits per heavy atom. The van der Waals surface area contributed by atoms with Crippen LogP contribution in [0.4, 0.5) is 0 Å². The molecule has 0 aliphatic rings. The van der Waals surface area contributed by atoms with Crippen molar-refractivity contribution in [3.05, 3.63) is 43.0 Å². The number of hydrogen-bond acceptors (Lipinski definition) is 2. The molecule has 2 nitrogen and oxygen atoms in total. The van der Waals surface area contributed by atoms with Gasteiger partial charge in [0.05, 0.1) is 0 Å². The molecule has 0 radical (unpaired) electrons. The van der Waals surface area contributed by atoms with Gasteiger partial charge in [-0.25, -0.2) is 0 Å². The van der Waals surface area contributed by atoms with Gasteiger partial charge in [0.1, 0.15) is 12.4 Å². The highest BCUT2D eigenvalue weighted by Crippen LogP contribution is 2.07. The van der Waals surface area contributed by atoms with E-state index in [1.807, 2.05) is 36.4 Å². The summed E-state index contributed by atoms with van der Waals surface area (Å²) in [7, 11) is 0. The second kappa shape index (κ2) is 6.22. The molecule has 0 aliphatic carbocycles. The molecular weight excluding hydrogens is 174 g/mol. The summed E-state index contributed by atoms with van der Waals surface area (Å²) < 4.78 is 5.50. The molecule has 1 aromatic carbocycles. The maximum absolute atomic E-state index is 5.50. The molecule has 0 aromatic heterocycles. The van der Waals surface area contributed by atoms with Gasteiger partial charge in [-0.2, -0.15) is 0 Å². The summed E-state index contributed by atoms with van der Waals surface area (Å²) in [5.41, 5.74) is 0. The summed E-state index contributed by atoms with van der Waals surface area (Å²) in [5, 5.41) is 3.26. The molecule has 0 saturated carbocycles. The van der Waals surface area contributed by atoms with Crippen LogP contribution in [0.1, 0.15) is 6.92 Å². The fourth-order valence-corrected chi connectivity index (χ4v) is 1.06. The monoisotopic (exact) mass is 191 g/mol. The third-order valence-corrected chi connectivity index (χ3v) is 1.93. The van der Waals surface area contributed by atoms with Crippen LogP contribution >= 0.6 is 0 Å². The lowest BCUT2D eigenvalue weighted by Gasteiger charge is -2.09. The van der Waals surface area contributed by atoms with E-state index in [2.05, 4.69) is 18.8 Å². The summed E-state index contributed by atoms with van der Waals surface area (Å²) in [5.74, 6) is 0.917. The fourth-order valence-electron chi connectivity index (χ4n) is 1.06. The average Bonchev–Trinajstić information content (AvgIpc) is 2.25. The summed E-state index contributed by atoms with van der Waals surface area (Å²) in [6.45, 7) is 7.28. The average molecular weight is 191 g/mol. The van der Waals surface area contributed by atoms with Gasteiger partial charge in [-0.3, -0.25) is 0 Å². The van der Waals surface area contributed by atoms with Crippen molar-refractivity contribution < 1.29 is 4.74 Å². The van der Waals surface area contributed by atoms with Crippen LogP contribution in [0.15, 0.2) is 43.0 Å². The van der Waals surface area contributed by atoms with Crippen LogP contribution in [0.5, 0.6) is 5.75 Å². The standard InChI is InChI=1S/C12H17NO/c1-3-11(2)13-9-10-14-12-7-5-4-6-8-12/h3-8,11,13H,1,9-10H2,2H3. The molecule has 0 saturated heterocycles. The molecule has 0 amide bonds. The first-order chi connectivity index (χ1) is 6.83. The molecule has 0 heterocycles. The van der Waals surface area contributed by atoms with E-state index in [0.29, 0.717) is 12.6 Å². The minimum absolute atomic E-state index is 0.342. The number of nitrogens with one attached hydrogen (secondary N) is 1. The zero-order chi connectivity index (χ0) is 10.2. The van der Waals surface area contributed by atoms with Gasteiger partial charge in [0, 0.05) is 12.6 Å². The Bertz CT molecular complexity index is 258. The van der Waals surface area contributed by atoms with Gasteiger partial charge in [0.15, 0.2) is 0 Å². The van der Waals surface area contributed by atoms with Crippen LogP contribution in [0, 0.1) is 0 Å². The fraction of sp³-hybridized carbons (Fsp3) is 0.333. The second-order valence-electron chi connectivity index (χ2n) is 3.14. The van der Waals surface area contributed by atoms with Crippen molar-refractivity contribution in [2.45, 2.75) is 13.0 Å². The first-order valence-corrected chi connectivity index (χ1v) is 4.86. The van der Waals surface area contributed by atoms with Crippen LogP contribution in [0.25, 0.3) is 0 Å². The van der Waals surface area contributed by atoms with Gasteiger partial charge in [-0.1, -0.05) is 24.3 Å². The van der Waals surface area contributed by atoms with Gasteiger partial charge >= 0.3 is 0 Å². The van der Waals surface area contributed by atoms with Crippen molar-refractivity contribution in [3.8, 4) is 5.75 Å². The molecule has 0 fully saturated rings. The van der Waals surface area contributed by atoms with E-state index in [1.54, 1.807) is 0 Å². The van der Waals surface area contributed by atoms with Crippen molar-refractivity contribution in [1.82, 2.24) is 5.32 Å². The lowest BCUT2D eigenvalue weighted by atomic mass is 10.3.